The molecule has 4 nitrogen and oxygen atoms in total. The Bertz CT molecular complexity index is 902. The molecule has 4 rings (SSSR count). The molecule has 5 heteroatoms. The molecule has 3 aromatic rings. The lowest BCUT2D eigenvalue weighted by Gasteiger charge is -2.16. The van der Waals surface area contributed by atoms with Gasteiger partial charge < -0.3 is 9.32 Å². The Morgan fingerprint density at radius 3 is 2.80 bits per heavy atom. The first kappa shape index (κ1) is 15.6. The molecule has 126 valence electrons. The highest BCUT2D eigenvalue weighted by molar-refractivity contribution is 5.95. The van der Waals surface area contributed by atoms with Gasteiger partial charge >= 0.3 is 0 Å². The lowest BCUT2D eigenvalue weighted by atomic mass is 10.2. The van der Waals surface area contributed by atoms with Crippen molar-refractivity contribution in [2.24, 2.45) is 0 Å². The molecule has 0 saturated heterocycles. The van der Waals surface area contributed by atoms with E-state index in [-0.39, 0.29) is 11.7 Å². The van der Waals surface area contributed by atoms with E-state index in [2.05, 4.69) is 11.1 Å². The zero-order chi connectivity index (χ0) is 17.2. The topological polar surface area (TPSA) is 46.3 Å². The van der Waals surface area contributed by atoms with Gasteiger partial charge in [-0.1, -0.05) is 18.2 Å². The molecule has 2 heterocycles. The summed E-state index contributed by atoms with van der Waals surface area (Å²) in [5, 5.41) is 0. The molecule has 1 aromatic heterocycles. The fourth-order valence-corrected chi connectivity index (χ4v) is 3.12. The molecule has 0 spiro atoms. The van der Waals surface area contributed by atoms with Crippen molar-refractivity contribution >= 4 is 11.6 Å². The van der Waals surface area contributed by atoms with Gasteiger partial charge in [-0.3, -0.25) is 4.79 Å². The van der Waals surface area contributed by atoms with E-state index in [9.17, 15) is 9.18 Å². The monoisotopic (exact) mass is 336 g/mol. The standard InChI is InChI=1S/C20H17FN2O2/c21-16-7-5-15(6-8-16)18-13-22-19(25-18)9-10-20(24)23-12-11-14-3-1-2-4-17(14)23/h1-8,13H,9-12H2. The van der Waals surface area contributed by atoms with E-state index < -0.39 is 0 Å². The molecule has 0 saturated carbocycles. The maximum absolute atomic E-state index is 13.0. The summed E-state index contributed by atoms with van der Waals surface area (Å²) >= 11 is 0. The van der Waals surface area contributed by atoms with Crippen molar-refractivity contribution in [1.82, 2.24) is 4.98 Å². The van der Waals surface area contributed by atoms with Gasteiger partial charge in [0.25, 0.3) is 0 Å². The van der Waals surface area contributed by atoms with E-state index in [1.54, 1.807) is 18.3 Å². The lowest BCUT2D eigenvalue weighted by molar-refractivity contribution is -0.118. The third-order valence-corrected chi connectivity index (χ3v) is 4.42. The van der Waals surface area contributed by atoms with Crippen LogP contribution in [0.5, 0.6) is 0 Å². The molecular formula is C20H17FN2O2. The zero-order valence-electron chi connectivity index (χ0n) is 13.6. The molecule has 25 heavy (non-hydrogen) atoms. The van der Waals surface area contributed by atoms with E-state index in [1.807, 2.05) is 23.1 Å². The Kier molecular flexibility index (Phi) is 4.06. The number of aromatic nitrogens is 1. The van der Waals surface area contributed by atoms with Crippen molar-refractivity contribution in [2.45, 2.75) is 19.3 Å². The number of hydrogen-bond donors (Lipinski definition) is 0. The summed E-state index contributed by atoms with van der Waals surface area (Å²) in [5.74, 6) is 0.876. The number of benzene rings is 2. The number of hydrogen-bond acceptors (Lipinski definition) is 3. The van der Waals surface area contributed by atoms with Gasteiger partial charge in [-0.2, -0.15) is 0 Å². The minimum Gasteiger partial charge on any atom is -0.441 e. The molecule has 0 bridgehead atoms. The number of aryl methyl sites for hydroxylation is 1. The maximum Gasteiger partial charge on any atom is 0.227 e. The Labute approximate surface area is 144 Å². The van der Waals surface area contributed by atoms with Crippen LogP contribution in [0.3, 0.4) is 0 Å². The Morgan fingerprint density at radius 2 is 1.96 bits per heavy atom. The van der Waals surface area contributed by atoms with Crippen LogP contribution >= 0.6 is 0 Å². The van der Waals surface area contributed by atoms with Gasteiger partial charge in [0.2, 0.25) is 5.91 Å². The molecular weight excluding hydrogens is 319 g/mol. The van der Waals surface area contributed by atoms with E-state index in [4.69, 9.17) is 4.42 Å². The second-order valence-corrected chi connectivity index (χ2v) is 6.05. The van der Waals surface area contributed by atoms with Gasteiger partial charge in [0.15, 0.2) is 11.7 Å². The van der Waals surface area contributed by atoms with E-state index in [1.165, 1.54) is 17.7 Å². The van der Waals surface area contributed by atoms with E-state index in [0.717, 1.165) is 24.2 Å². The molecule has 1 aliphatic heterocycles. The smallest absolute Gasteiger partial charge is 0.227 e. The first-order chi connectivity index (χ1) is 12.2. The largest absolute Gasteiger partial charge is 0.441 e. The molecule has 2 aromatic carbocycles. The number of halogens is 1. The normalized spacial score (nSPS) is 13.1. The summed E-state index contributed by atoms with van der Waals surface area (Å²) in [6.07, 6.45) is 3.30. The summed E-state index contributed by atoms with van der Waals surface area (Å²) in [5.41, 5.74) is 2.98. The van der Waals surface area contributed by atoms with Crippen molar-refractivity contribution in [2.75, 3.05) is 11.4 Å². The average Bonchev–Trinajstić information content (AvgIpc) is 3.27. The maximum atomic E-state index is 13.0. The average molecular weight is 336 g/mol. The number of amides is 1. The van der Waals surface area contributed by atoms with Crippen LogP contribution in [0.2, 0.25) is 0 Å². The number of fused-ring (bicyclic) bond motifs is 1. The van der Waals surface area contributed by atoms with Gasteiger partial charge in [-0.25, -0.2) is 9.37 Å². The highest BCUT2D eigenvalue weighted by Crippen LogP contribution is 2.28. The Balaban J connectivity index is 1.41. The number of carbonyl (C=O) groups is 1. The number of oxazole rings is 1. The van der Waals surface area contributed by atoms with Crippen LogP contribution in [-0.4, -0.2) is 17.4 Å². The summed E-state index contributed by atoms with van der Waals surface area (Å²) < 4.78 is 18.7. The number of anilines is 1. The van der Waals surface area contributed by atoms with Crippen LogP contribution in [0.4, 0.5) is 10.1 Å². The first-order valence-corrected chi connectivity index (χ1v) is 8.29. The minimum absolute atomic E-state index is 0.0754. The highest BCUT2D eigenvalue weighted by atomic mass is 19.1. The first-order valence-electron chi connectivity index (χ1n) is 8.29. The van der Waals surface area contributed by atoms with Crippen LogP contribution in [0.25, 0.3) is 11.3 Å². The fraction of sp³-hybridized carbons (Fsp3) is 0.200. The number of carbonyl (C=O) groups excluding carboxylic acids is 1. The summed E-state index contributed by atoms with van der Waals surface area (Å²) in [6.45, 7) is 0.727. The summed E-state index contributed by atoms with van der Waals surface area (Å²) in [4.78, 5) is 18.6. The SMILES string of the molecule is O=C(CCc1ncc(-c2ccc(F)cc2)o1)N1CCc2ccccc21. The van der Waals surface area contributed by atoms with Crippen LogP contribution in [0.1, 0.15) is 17.9 Å². The van der Waals surface area contributed by atoms with Crippen molar-refractivity contribution in [3.63, 3.8) is 0 Å². The molecule has 0 atom stereocenters. The molecule has 0 aliphatic carbocycles. The zero-order valence-corrected chi connectivity index (χ0v) is 13.6. The molecule has 1 aliphatic rings. The Hall–Kier alpha value is -2.95. The molecule has 1 amide bonds. The second-order valence-electron chi connectivity index (χ2n) is 6.05. The van der Waals surface area contributed by atoms with Gasteiger partial charge in [-0.05, 0) is 42.3 Å². The van der Waals surface area contributed by atoms with Crippen molar-refractivity contribution < 1.29 is 13.6 Å². The van der Waals surface area contributed by atoms with Gasteiger partial charge in [0.1, 0.15) is 5.82 Å². The van der Waals surface area contributed by atoms with Crippen molar-refractivity contribution in [3.05, 3.63) is 72.0 Å². The van der Waals surface area contributed by atoms with Crippen LogP contribution in [0.15, 0.2) is 59.1 Å². The molecule has 0 N–H and O–H groups in total. The third-order valence-electron chi connectivity index (χ3n) is 4.42. The van der Waals surface area contributed by atoms with E-state index >= 15 is 0 Å². The summed E-state index contributed by atoms with van der Waals surface area (Å²) in [6, 6.07) is 14.0. The van der Waals surface area contributed by atoms with Crippen LogP contribution in [-0.2, 0) is 17.6 Å². The van der Waals surface area contributed by atoms with Crippen LogP contribution in [0, 0.1) is 5.82 Å². The predicted molar refractivity (Wildman–Crippen MR) is 92.7 cm³/mol. The third kappa shape index (κ3) is 3.18. The number of rotatable bonds is 4. The van der Waals surface area contributed by atoms with Gasteiger partial charge in [0.05, 0.1) is 6.20 Å². The van der Waals surface area contributed by atoms with E-state index in [0.29, 0.717) is 24.5 Å². The summed E-state index contributed by atoms with van der Waals surface area (Å²) in [7, 11) is 0. The second kappa shape index (κ2) is 6.51. The number of nitrogens with zero attached hydrogens (tertiary/aromatic N) is 2. The van der Waals surface area contributed by atoms with Crippen molar-refractivity contribution in [1.29, 1.82) is 0 Å². The van der Waals surface area contributed by atoms with Gasteiger partial charge in [0, 0.05) is 30.6 Å². The minimum atomic E-state index is -0.292. The van der Waals surface area contributed by atoms with Crippen LogP contribution < -0.4 is 4.90 Å². The molecule has 0 unspecified atom stereocenters. The highest BCUT2D eigenvalue weighted by Gasteiger charge is 2.24. The molecule has 0 radical (unpaired) electrons. The predicted octanol–water partition coefficient (Wildman–Crippen LogP) is 4.00. The Morgan fingerprint density at radius 1 is 1.16 bits per heavy atom. The molecule has 0 fully saturated rings. The lowest BCUT2D eigenvalue weighted by Crippen LogP contribution is -2.29. The quantitative estimate of drug-likeness (QED) is 0.723. The fourth-order valence-electron chi connectivity index (χ4n) is 3.12. The van der Waals surface area contributed by atoms with Gasteiger partial charge in [-0.15, -0.1) is 0 Å². The number of para-hydroxylation sites is 1. The van der Waals surface area contributed by atoms with Crippen molar-refractivity contribution in [3.8, 4) is 11.3 Å².